The highest BCUT2D eigenvalue weighted by molar-refractivity contribution is 5.24. The molecule has 0 radical (unpaired) electrons. The first-order valence-electron chi connectivity index (χ1n) is 4.88. The molecule has 2 aromatic rings. The third-order valence-electron chi connectivity index (χ3n) is 2.38. The number of H-pyrrole nitrogens is 2. The van der Waals surface area contributed by atoms with Crippen molar-refractivity contribution < 1.29 is 0 Å². The Morgan fingerprint density at radius 1 is 1.40 bits per heavy atom. The van der Waals surface area contributed by atoms with Gasteiger partial charge in [0.2, 0.25) is 0 Å². The number of hydrogen-bond acceptors (Lipinski definition) is 4. The minimum absolute atomic E-state index is 0.618. The van der Waals surface area contributed by atoms with Gasteiger partial charge in [-0.15, -0.1) is 0 Å². The lowest BCUT2D eigenvalue weighted by Crippen LogP contribution is -2.05. The van der Waals surface area contributed by atoms with E-state index in [0.717, 1.165) is 35.5 Å². The third kappa shape index (κ3) is 2.04. The Morgan fingerprint density at radius 3 is 2.93 bits per heavy atom. The molecule has 0 unspecified atom stereocenters. The smallest absolute Gasteiger partial charge is 0.0898 e. The molecule has 0 spiro atoms. The standard InChI is InChI=1S/C9H14N6/c1-6-9(14-15-12-6)4-7-5-11-13-8(7)2-3-10/h5H,2-4,10H2,1H3,(H,11,13)(H,12,14,15). The number of aromatic nitrogens is 5. The molecule has 80 valence electrons. The molecule has 2 aromatic heterocycles. The molecule has 2 heterocycles. The highest BCUT2D eigenvalue weighted by atomic mass is 15.3. The largest absolute Gasteiger partial charge is 0.330 e. The van der Waals surface area contributed by atoms with E-state index >= 15 is 0 Å². The van der Waals surface area contributed by atoms with Crippen LogP contribution in [0, 0.1) is 6.92 Å². The second-order valence-electron chi connectivity index (χ2n) is 3.44. The van der Waals surface area contributed by atoms with Gasteiger partial charge in [0, 0.05) is 18.5 Å². The zero-order valence-corrected chi connectivity index (χ0v) is 8.62. The fraction of sp³-hybridized carbons (Fsp3) is 0.444. The highest BCUT2D eigenvalue weighted by Gasteiger charge is 2.09. The Balaban J connectivity index is 2.17. The normalized spacial score (nSPS) is 10.8. The van der Waals surface area contributed by atoms with Crippen LogP contribution in [0.5, 0.6) is 0 Å². The van der Waals surface area contributed by atoms with Gasteiger partial charge in [-0.05, 0) is 19.0 Å². The van der Waals surface area contributed by atoms with Crippen LogP contribution < -0.4 is 5.73 Å². The van der Waals surface area contributed by atoms with Gasteiger partial charge in [-0.25, -0.2) is 0 Å². The number of aromatic amines is 2. The van der Waals surface area contributed by atoms with Crippen molar-refractivity contribution in [3.05, 3.63) is 28.8 Å². The van der Waals surface area contributed by atoms with Crippen LogP contribution in [0.25, 0.3) is 0 Å². The number of nitrogens with two attached hydrogens (primary N) is 1. The summed E-state index contributed by atoms with van der Waals surface area (Å²) in [4.78, 5) is 0. The molecule has 0 aliphatic heterocycles. The number of nitrogens with zero attached hydrogens (tertiary/aromatic N) is 3. The SMILES string of the molecule is Cc1n[nH]nc1Cc1cn[nH]c1CCN. The lowest BCUT2D eigenvalue weighted by molar-refractivity contribution is 0.880. The molecule has 2 rings (SSSR count). The molecule has 15 heavy (non-hydrogen) atoms. The van der Waals surface area contributed by atoms with Crippen molar-refractivity contribution in [2.24, 2.45) is 5.73 Å². The molecule has 0 saturated heterocycles. The minimum atomic E-state index is 0.618. The van der Waals surface area contributed by atoms with E-state index in [-0.39, 0.29) is 0 Å². The van der Waals surface area contributed by atoms with Gasteiger partial charge in [0.1, 0.15) is 0 Å². The van der Waals surface area contributed by atoms with Crippen molar-refractivity contribution in [1.29, 1.82) is 0 Å². The molecule has 6 nitrogen and oxygen atoms in total. The zero-order valence-electron chi connectivity index (χ0n) is 8.62. The Morgan fingerprint density at radius 2 is 2.27 bits per heavy atom. The molecule has 0 aromatic carbocycles. The van der Waals surface area contributed by atoms with Crippen LogP contribution in [-0.2, 0) is 12.8 Å². The van der Waals surface area contributed by atoms with E-state index in [1.807, 2.05) is 13.1 Å². The molecule has 0 aliphatic carbocycles. The predicted octanol–water partition coefficient (Wildman–Crippen LogP) is -0.0718. The van der Waals surface area contributed by atoms with Crippen LogP contribution in [0.3, 0.4) is 0 Å². The molecule has 0 aliphatic rings. The second kappa shape index (κ2) is 4.22. The summed E-state index contributed by atoms with van der Waals surface area (Å²) in [5.41, 5.74) is 9.61. The van der Waals surface area contributed by atoms with E-state index in [2.05, 4.69) is 25.6 Å². The van der Waals surface area contributed by atoms with Crippen molar-refractivity contribution in [1.82, 2.24) is 25.6 Å². The van der Waals surface area contributed by atoms with Gasteiger partial charge in [-0.2, -0.15) is 20.5 Å². The van der Waals surface area contributed by atoms with Crippen LogP contribution in [0.4, 0.5) is 0 Å². The summed E-state index contributed by atoms with van der Waals surface area (Å²) in [6.45, 7) is 2.55. The van der Waals surface area contributed by atoms with Gasteiger partial charge in [0.25, 0.3) is 0 Å². The van der Waals surface area contributed by atoms with Gasteiger partial charge in [-0.3, -0.25) is 5.10 Å². The van der Waals surface area contributed by atoms with Gasteiger partial charge < -0.3 is 5.73 Å². The molecular formula is C9H14N6. The average molecular weight is 206 g/mol. The number of hydrogen-bond donors (Lipinski definition) is 3. The third-order valence-corrected chi connectivity index (χ3v) is 2.38. The van der Waals surface area contributed by atoms with E-state index in [4.69, 9.17) is 5.73 Å². The molecule has 0 saturated carbocycles. The lowest BCUT2D eigenvalue weighted by atomic mass is 10.1. The first kappa shape index (κ1) is 9.85. The Kier molecular flexibility index (Phi) is 2.77. The summed E-state index contributed by atoms with van der Waals surface area (Å²) in [5.74, 6) is 0. The summed E-state index contributed by atoms with van der Waals surface area (Å²) in [7, 11) is 0. The highest BCUT2D eigenvalue weighted by Crippen LogP contribution is 2.11. The number of aryl methyl sites for hydroxylation is 1. The molecule has 0 atom stereocenters. The van der Waals surface area contributed by atoms with Crippen molar-refractivity contribution in [2.45, 2.75) is 19.8 Å². The summed E-state index contributed by atoms with van der Waals surface area (Å²) < 4.78 is 0. The van der Waals surface area contributed by atoms with E-state index in [1.165, 1.54) is 0 Å². The summed E-state index contributed by atoms with van der Waals surface area (Å²) in [5, 5.41) is 17.6. The van der Waals surface area contributed by atoms with Crippen LogP contribution >= 0.6 is 0 Å². The Bertz CT molecular complexity index is 429. The topological polar surface area (TPSA) is 96.3 Å². The second-order valence-corrected chi connectivity index (χ2v) is 3.44. The summed E-state index contributed by atoms with van der Waals surface area (Å²) in [6, 6.07) is 0. The molecule has 6 heteroatoms. The Hall–Kier alpha value is -1.69. The lowest BCUT2D eigenvalue weighted by Gasteiger charge is -1.99. The van der Waals surface area contributed by atoms with E-state index in [0.29, 0.717) is 6.54 Å². The van der Waals surface area contributed by atoms with Crippen molar-refractivity contribution in [3.8, 4) is 0 Å². The molecule has 0 amide bonds. The zero-order chi connectivity index (χ0) is 10.7. The van der Waals surface area contributed by atoms with E-state index < -0.39 is 0 Å². The van der Waals surface area contributed by atoms with Crippen LogP contribution in [0.15, 0.2) is 6.20 Å². The van der Waals surface area contributed by atoms with Crippen LogP contribution in [0.1, 0.15) is 22.6 Å². The summed E-state index contributed by atoms with van der Waals surface area (Å²) in [6.07, 6.45) is 3.37. The predicted molar refractivity (Wildman–Crippen MR) is 55.3 cm³/mol. The van der Waals surface area contributed by atoms with E-state index in [1.54, 1.807) is 0 Å². The molecule has 0 fully saturated rings. The van der Waals surface area contributed by atoms with Crippen molar-refractivity contribution >= 4 is 0 Å². The average Bonchev–Trinajstić information content (AvgIpc) is 2.80. The maximum absolute atomic E-state index is 5.51. The fourth-order valence-corrected chi connectivity index (χ4v) is 1.50. The first-order chi connectivity index (χ1) is 7.31. The van der Waals surface area contributed by atoms with Crippen LogP contribution in [-0.4, -0.2) is 32.2 Å². The summed E-state index contributed by atoms with van der Waals surface area (Å²) >= 11 is 0. The van der Waals surface area contributed by atoms with Gasteiger partial charge in [0.05, 0.1) is 17.6 Å². The van der Waals surface area contributed by atoms with Gasteiger partial charge in [0.15, 0.2) is 0 Å². The van der Waals surface area contributed by atoms with Crippen molar-refractivity contribution in [2.75, 3.05) is 6.54 Å². The molecule has 4 N–H and O–H groups in total. The van der Waals surface area contributed by atoms with Crippen molar-refractivity contribution in [3.63, 3.8) is 0 Å². The fourth-order valence-electron chi connectivity index (χ4n) is 1.50. The number of rotatable bonds is 4. The quantitative estimate of drug-likeness (QED) is 0.652. The van der Waals surface area contributed by atoms with Crippen LogP contribution in [0.2, 0.25) is 0 Å². The maximum Gasteiger partial charge on any atom is 0.0898 e. The Labute approximate surface area is 87.3 Å². The monoisotopic (exact) mass is 206 g/mol. The maximum atomic E-state index is 5.51. The minimum Gasteiger partial charge on any atom is -0.330 e. The van der Waals surface area contributed by atoms with E-state index in [9.17, 15) is 0 Å². The number of nitrogens with one attached hydrogen (secondary N) is 2. The molecule has 0 bridgehead atoms. The first-order valence-corrected chi connectivity index (χ1v) is 4.88. The van der Waals surface area contributed by atoms with Gasteiger partial charge in [-0.1, -0.05) is 0 Å². The van der Waals surface area contributed by atoms with Gasteiger partial charge >= 0.3 is 0 Å². The molecular weight excluding hydrogens is 192 g/mol.